The summed E-state index contributed by atoms with van der Waals surface area (Å²) in [6.45, 7) is 4.91. The average molecular weight is 439 g/mol. The lowest BCUT2D eigenvalue weighted by molar-refractivity contribution is -0.129. The highest BCUT2D eigenvalue weighted by atomic mass is 35.5. The molecule has 2 amide bonds. The Hall–Kier alpha value is -2.35. The number of amides is 2. The summed E-state index contributed by atoms with van der Waals surface area (Å²) in [5, 5.41) is 7.57. The van der Waals surface area contributed by atoms with Crippen LogP contribution in [0.15, 0.2) is 29.4 Å². The van der Waals surface area contributed by atoms with Crippen LogP contribution in [-0.2, 0) is 14.3 Å². The van der Waals surface area contributed by atoms with Crippen molar-refractivity contribution < 1.29 is 14.3 Å². The Bertz CT molecular complexity index is 909. The van der Waals surface area contributed by atoms with Crippen LogP contribution < -0.4 is 10.7 Å². The van der Waals surface area contributed by atoms with E-state index in [0.717, 1.165) is 22.6 Å². The maximum absolute atomic E-state index is 11.8. The first-order valence-corrected chi connectivity index (χ1v) is 9.81. The first-order valence-electron chi connectivity index (χ1n) is 9.05. The lowest BCUT2D eigenvalue weighted by atomic mass is 10.2. The van der Waals surface area contributed by atoms with E-state index in [2.05, 4.69) is 15.8 Å². The van der Waals surface area contributed by atoms with E-state index in [4.69, 9.17) is 27.9 Å². The molecule has 0 saturated carbocycles. The molecule has 2 rings (SSSR count). The molecule has 1 aromatic carbocycles. The summed E-state index contributed by atoms with van der Waals surface area (Å²) in [6.07, 6.45) is 1.95. The maximum atomic E-state index is 11.8. The number of rotatable bonds is 9. The van der Waals surface area contributed by atoms with Gasteiger partial charge in [0.2, 0.25) is 11.8 Å². The van der Waals surface area contributed by atoms with Crippen LogP contribution in [0.4, 0.5) is 0 Å². The van der Waals surface area contributed by atoms with Crippen LogP contribution in [0.2, 0.25) is 10.0 Å². The standard InChI is InChI=1S/C20H24Cl2N4O3/c1-13-9-15(14(2)26(13)16-5-6-17(21)18(22)10-16)12-24-25-20(28)11-19(27)23-7-4-8-29-3/h5-6,9-10,12H,4,7-8,11H2,1-3H3,(H,23,27)(H,25,28)/b24-12+. The molecule has 9 heteroatoms. The van der Waals surface area contributed by atoms with Crippen molar-refractivity contribution in [2.45, 2.75) is 26.7 Å². The first kappa shape index (κ1) is 22.9. The summed E-state index contributed by atoms with van der Waals surface area (Å²) >= 11 is 12.1. The molecule has 0 bridgehead atoms. The number of carbonyl (C=O) groups is 2. The number of methoxy groups -OCH3 is 1. The van der Waals surface area contributed by atoms with Crippen molar-refractivity contribution in [3.8, 4) is 5.69 Å². The number of benzene rings is 1. The van der Waals surface area contributed by atoms with Gasteiger partial charge in [-0.3, -0.25) is 9.59 Å². The molecule has 2 N–H and O–H groups in total. The second kappa shape index (κ2) is 11.0. The van der Waals surface area contributed by atoms with Crippen LogP contribution >= 0.6 is 23.2 Å². The minimum Gasteiger partial charge on any atom is -0.385 e. The molecule has 0 unspecified atom stereocenters. The summed E-state index contributed by atoms with van der Waals surface area (Å²) in [6, 6.07) is 7.35. The second-order valence-corrected chi connectivity index (χ2v) is 7.24. The van der Waals surface area contributed by atoms with E-state index in [1.54, 1.807) is 25.5 Å². The third kappa shape index (κ3) is 6.59. The van der Waals surface area contributed by atoms with Crippen molar-refractivity contribution in [2.75, 3.05) is 20.3 Å². The Morgan fingerprint density at radius 2 is 1.93 bits per heavy atom. The molecule has 0 aliphatic heterocycles. The van der Waals surface area contributed by atoms with Crippen LogP contribution in [0.25, 0.3) is 5.69 Å². The molecular weight excluding hydrogens is 415 g/mol. The minimum absolute atomic E-state index is 0.285. The molecule has 0 spiro atoms. The Kier molecular flexibility index (Phi) is 8.70. The van der Waals surface area contributed by atoms with Gasteiger partial charge in [-0.25, -0.2) is 5.43 Å². The summed E-state index contributed by atoms with van der Waals surface area (Å²) in [5.74, 6) is -0.838. The molecule has 156 valence electrons. The van der Waals surface area contributed by atoms with E-state index in [-0.39, 0.29) is 12.3 Å². The van der Waals surface area contributed by atoms with Crippen LogP contribution in [0, 0.1) is 13.8 Å². The zero-order chi connectivity index (χ0) is 21.4. The van der Waals surface area contributed by atoms with Gasteiger partial charge in [-0.05, 0) is 44.5 Å². The second-order valence-electron chi connectivity index (χ2n) is 6.43. The zero-order valence-electron chi connectivity index (χ0n) is 16.6. The van der Waals surface area contributed by atoms with Gasteiger partial charge in [0.25, 0.3) is 0 Å². The number of aryl methyl sites for hydroxylation is 1. The predicted octanol–water partition coefficient (Wildman–Crippen LogP) is 3.39. The van der Waals surface area contributed by atoms with Crippen LogP contribution in [-0.4, -0.2) is 42.9 Å². The van der Waals surface area contributed by atoms with Crippen molar-refractivity contribution in [3.63, 3.8) is 0 Å². The average Bonchev–Trinajstić information content (AvgIpc) is 2.95. The third-order valence-corrected chi connectivity index (χ3v) is 4.93. The first-order chi connectivity index (χ1) is 13.8. The molecule has 1 heterocycles. The Morgan fingerprint density at radius 1 is 1.17 bits per heavy atom. The minimum atomic E-state index is -0.483. The normalized spacial score (nSPS) is 11.1. The van der Waals surface area contributed by atoms with E-state index < -0.39 is 5.91 Å². The molecule has 29 heavy (non-hydrogen) atoms. The number of nitrogens with one attached hydrogen (secondary N) is 2. The molecule has 0 aliphatic rings. The maximum Gasteiger partial charge on any atom is 0.249 e. The van der Waals surface area contributed by atoms with Gasteiger partial charge in [0.1, 0.15) is 6.42 Å². The number of hydrazone groups is 1. The fourth-order valence-corrected chi connectivity index (χ4v) is 3.10. The van der Waals surface area contributed by atoms with Gasteiger partial charge in [0, 0.05) is 42.9 Å². The number of aromatic nitrogens is 1. The van der Waals surface area contributed by atoms with Gasteiger partial charge < -0.3 is 14.6 Å². The molecule has 0 fully saturated rings. The van der Waals surface area contributed by atoms with Gasteiger partial charge in [0.05, 0.1) is 16.3 Å². The summed E-state index contributed by atoms with van der Waals surface area (Å²) in [5.41, 5.74) is 5.98. The predicted molar refractivity (Wildman–Crippen MR) is 115 cm³/mol. The number of carbonyl (C=O) groups excluding carboxylic acids is 2. The molecule has 0 radical (unpaired) electrons. The van der Waals surface area contributed by atoms with Crippen molar-refractivity contribution in [1.82, 2.24) is 15.3 Å². The smallest absolute Gasteiger partial charge is 0.249 e. The van der Waals surface area contributed by atoms with E-state index >= 15 is 0 Å². The van der Waals surface area contributed by atoms with Crippen molar-refractivity contribution >= 4 is 41.2 Å². The van der Waals surface area contributed by atoms with Gasteiger partial charge in [-0.2, -0.15) is 5.10 Å². The highest BCUT2D eigenvalue weighted by Crippen LogP contribution is 2.27. The van der Waals surface area contributed by atoms with Crippen molar-refractivity contribution in [3.05, 3.63) is 51.3 Å². The molecule has 0 aliphatic carbocycles. The zero-order valence-corrected chi connectivity index (χ0v) is 18.1. The Labute approximate surface area is 180 Å². The molecule has 2 aromatic rings. The quantitative estimate of drug-likeness (QED) is 0.272. The van der Waals surface area contributed by atoms with Crippen LogP contribution in [0.5, 0.6) is 0 Å². The summed E-state index contributed by atoms with van der Waals surface area (Å²) in [7, 11) is 1.59. The van der Waals surface area contributed by atoms with Crippen molar-refractivity contribution in [2.24, 2.45) is 5.10 Å². The number of hydrogen-bond donors (Lipinski definition) is 2. The molecule has 0 saturated heterocycles. The summed E-state index contributed by atoms with van der Waals surface area (Å²) < 4.78 is 6.91. The molecule has 7 nitrogen and oxygen atoms in total. The Balaban J connectivity index is 1.96. The lowest BCUT2D eigenvalue weighted by Gasteiger charge is -2.10. The highest BCUT2D eigenvalue weighted by molar-refractivity contribution is 6.42. The third-order valence-electron chi connectivity index (χ3n) is 4.19. The lowest BCUT2D eigenvalue weighted by Crippen LogP contribution is -2.30. The molecule has 0 atom stereocenters. The monoisotopic (exact) mass is 438 g/mol. The number of halogens is 2. The van der Waals surface area contributed by atoms with Crippen molar-refractivity contribution in [1.29, 1.82) is 0 Å². The fourth-order valence-electron chi connectivity index (χ4n) is 2.81. The largest absolute Gasteiger partial charge is 0.385 e. The van der Waals surface area contributed by atoms with Gasteiger partial charge in [0.15, 0.2) is 0 Å². The fraction of sp³-hybridized carbons (Fsp3) is 0.350. The summed E-state index contributed by atoms with van der Waals surface area (Å²) in [4.78, 5) is 23.5. The number of ether oxygens (including phenoxy) is 1. The van der Waals surface area contributed by atoms with Gasteiger partial charge in [-0.1, -0.05) is 23.2 Å². The SMILES string of the molecule is COCCCNC(=O)CC(=O)N/N=C/c1cc(C)n(-c2ccc(Cl)c(Cl)c2)c1C. The molecular formula is C20H24Cl2N4O3. The Morgan fingerprint density at radius 3 is 2.62 bits per heavy atom. The number of hydrogen-bond acceptors (Lipinski definition) is 4. The van der Waals surface area contributed by atoms with Gasteiger partial charge in [-0.15, -0.1) is 0 Å². The topological polar surface area (TPSA) is 84.7 Å². The van der Waals surface area contributed by atoms with E-state index in [1.165, 1.54) is 0 Å². The highest BCUT2D eigenvalue weighted by Gasteiger charge is 2.11. The number of nitrogens with zero attached hydrogens (tertiary/aromatic N) is 2. The van der Waals surface area contributed by atoms with E-state index in [9.17, 15) is 9.59 Å². The van der Waals surface area contributed by atoms with E-state index in [0.29, 0.717) is 29.6 Å². The van der Waals surface area contributed by atoms with E-state index in [1.807, 2.05) is 30.5 Å². The van der Waals surface area contributed by atoms with Gasteiger partial charge >= 0.3 is 0 Å². The molecule has 1 aromatic heterocycles. The van der Waals surface area contributed by atoms with Crippen LogP contribution in [0.1, 0.15) is 29.8 Å². The van der Waals surface area contributed by atoms with Crippen LogP contribution in [0.3, 0.4) is 0 Å².